The second-order valence-electron chi connectivity index (χ2n) is 7.74. The average molecular weight is 466 g/mol. The van der Waals surface area contributed by atoms with E-state index in [1.807, 2.05) is 0 Å². The molecule has 1 saturated heterocycles. The Hall–Kier alpha value is -3.13. The number of benzene rings is 2. The molecule has 8 N–H and O–H groups in total. The minimum Gasteiger partial charge on any atom is -0.508 e. The Kier molecular flexibility index (Phi) is 6.05. The number of Topliss-reactive ketones (excluding diaryl/α,β-unsaturated/α-hetero) is 1. The molecule has 0 spiro atoms. The summed E-state index contributed by atoms with van der Waals surface area (Å²) in [5.74, 6) is -3.00. The third kappa shape index (κ3) is 4.04. The lowest BCUT2D eigenvalue weighted by Gasteiger charge is -2.42. The maximum Gasteiger partial charge on any atom is 0.203 e. The van der Waals surface area contributed by atoms with Crippen molar-refractivity contribution < 1.29 is 59.9 Å². The number of ketones is 1. The predicted molar refractivity (Wildman–Crippen MR) is 106 cm³/mol. The zero-order valence-corrected chi connectivity index (χ0v) is 16.8. The quantitative estimate of drug-likeness (QED) is 0.256. The number of ether oxygens (including phenoxy) is 3. The van der Waals surface area contributed by atoms with Gasteiger partial charge in [-0.2, -0.15) is 0 Å². The number of rotatable bonds is 4. The van der Waals surface area contributed by atoms with Gasteiger partial charge in [-0.25, -0.2) is 0 Å². The van der Waals surface area contributed by atoms with Gasteiger partial charge in [0.1, 0.15) is 47.2 Å². The smallest absolute Gasteiger partial charge is 0.203 e. The molecule has 2 aromatic carbocycles. The molecule has 178 valence electrons. The van der Waals surface area contributed by atoms with E-state index in [4.69, 9.17) is 14.2 Å². The molecule has 2 heterocycles. The highest BCUT2D eigenvalue weighted by Crippen LogP contribution is 2.44. The van der Waals surface area contributed by atoms with Crippen LogP contribution in [0.5, 0.6) is 28.7 Å². The van der Waals surface area contributed by atoms with E-state index in [-0.39, 0.29) is 22.6 Å². The van der Waals surface area contributed by atoms with Crippen LogP contribution in [0.15, 0.2) is 30.3 Å². The Bertz CT molecular complexity index is 1050. The van der Waals surface area contributed by atoms with Crippen LogP contribution in [0.3, 0.4) is 0 Å². The lowest BCUT2D eigenvalue weighted by atomic mass is 9.92. The number of hydrogen-bond donors (Lipinski definition) is 8. The van der Waals surface area contributed by atoms with Gasteiger partial charge in [0.25, 0.3) is 0 Å². The molecular formula is C21H22O12. The molecule has 33 heavy (non-hydrogen) atoms. The maximum absolute atomic E-state index is 13.3. The molecule has 0 amide bonds. The predicted octanol–water partition coefficient (Wildman–Crippen LogP) is -0.990. The number of phenolic OH excluding ortho intramolecular Hbond substituents is 4. The number of hydrogen-bond acceptors (Lipinski definition) is 12. The Morgan fingerprint density at radius 2 is 1.61 bits per heavy atom. The summed E-state index contributed by atoms with van der Waals surface area (Å²) in [6.07, 6.45) is -11.2. The fraction of sp³-hybridized carbons (Fsp3) is 0.381. The second kappa shape index (κ2) is 8.67. The second-order valence-corrected chi connectivity index (χ2v) is 7.74. The Balaban J connectivity index is 1.75. The van der Waals surface area contributed by atoms with Crippen molar-refractivity contribution in [3.8, 4) is 28.7 Å². The van der Waals surface area contributed by atoms with E-state index < -0.39 is 72.6 Å². The number of fused-ring (bicyclic) bond motifs is 1. The van der Waals surface area contributed by atoms with Gasteiger partial charge in [-0.05, 0) is 17.7 Å². The van der Waals surface area contributed by atoms with Gasteiger partial charge in [-0.1, -0.05) is 6.07 Å². The maximum atomic E-state index is 13.3. The molecule has 0 saturated carbocycles. The first-order chi connectivity index (χ1) is 15.6. The van der Waals surface area contributed by atoms with E-state index in [9.17, 15) is 45.6 Å². The van der Waals surface area contributed by atoms with E-state index in [2.05, 4.69) is 0 Å². The number of carbonyl (C=O) groups excluding carboxylic acids is 1. The summed E-state index contributed by atoms with van der Waals surface area (Å²) in [5, 5.41) is 79.2. The van der Waals surface area contributed by atoms with Gasteiger partial charge in [-0.15, -0.1) is 0 Å². The first kappa shape index (κ1) is 23.0. The minimum atomic E-state index is -1.82. The summed E-state index contributed by atoms with van der Waals surface area (Å²) in [4.78, 5) is 13.3. The molecule has 2 aromatic rings. The molecule has 1 fully saturated rings. The van der Waals surface area contributed by atoms with E-state index in [1.165, 1.54) is 6.07 Å². The van der Waals surface area contributed by atoms with Crippen LogP contribution in [0.4, 0.5) is 0 Å². The van der Waals surface area contributed by atoms with Crippen molar-refractivity contribution in [2.24, 2.45) is 0 Å². The zero-order valence-electron chi connectivity index (χ0n) is 16.8. The Morgan fingerprint density at radius 3 is 2.27 bits per heavy atom. The molecule has 1 unspecified atom stereocenters. The molecule has 4 rings (SSSR count). The van der Waals surface area contributed by atoms with Gasteiger partial charge in [-0.3, -0.25) is 4.79 Å². The third-order valence-electron chi connectivity index (χ3n) is 5.56. The molecule has 0 bridgehead atoms. The highest BCUT2D eigenvalue weighted by atomic mass is 16.7. The molecule has 12 heteroatoms. The topological polar surface area (TPSA) is 207 Å². The van der Waals surface area contributed by atoms with Gasteiger partial charge < -0.3 is 55.1 Å². The Labute approximate surface area is 186 Å². The number of aliphatic hydroxyl groups excluding tert-OH is 4. The van der Waals surface area contributed by atoms with Crippen LogP contribution in [0, 0.1) is 0 Å². The fourth-order valence-corrected chi connectivity index (χ4v) is 3.82. The van der Waals surface area contributed by atoms with Gasteiger partial charge in [0, 0.05) is 12.1 Å². The van der Waals surface area contributed by atoms with Crippen LogP contribution < -0.4 is 4.74 Å². The van der Waals surface area contributed by atoms with Crippen LogP contribution >= 0.6 is 0 Å². The minimum absolute atomic E-state index is 0.140. The normalized spacial score (nSPS) is 31.6. The van der Waals surface area contributed by atoms with Gasteiger partial charge in [0.2, 0.25) is 5.78 Å². The van der Waals surface area contributed by atoms with Gasteiger partial charge in [0.05, 0.1) is 6.61 Å². The molecular weight excluding hydrogens is 444 g/mol. The molecule has 0 radical (unpaired) electrons. The van der Waals surface area contributed by atoms with Crippen molar-refractivity contribution in [3.63, 3.8) is 0 Å². The fourth-order valence-electron chi connectivity index (χ4n) is 3.82. The van der Waals surface area contributed by atoms with E-state index in [0.29, 0.717) is 0 Å². The molecule has 0 aliphatic carbocycles. The molecule has 2 aliphatic heterocycles. The monoisotopic (exact) mass is 466 g/mol. The highest BCUT2D eigenvalue weighted by Gasteiger charge is 2.49. The zero-order chi connectivity index (χ0) is 24.0. The van der Waals surface area contributed by atoms with E-state index in [1.54, 1.807) is 0 Å². The lowest BCUT2D eigenvalue weighted by molar-refractivity contribution is -0.311. The molecule has 12 nitrogen and oxygen atoms in total. The summed E-state index contributed by atoms with van der Waals surface area (Å²) in [7, 11) is 0. The van der Waals surface area contributed by atoms with Gasteiger partial charge in [0.15, 0.2) is 30.0 Å². The summed E-state index contributed by atoms with van der Waals surface area (Å²) in [5.41, 5.74) is -0.191. The van der Waals surface area contributed by atoms with Crippen molar-refractivity contribution >= 4 is 5.78 Å². The van der Waals surface area contributed by atoms with E-state index >= 15 is 0 Å². The van der Waals surface area contributed by atoms with Crippen molar-refractivity contribution in [2.75, 3.05) is 6.61 Å². The first-order valence-electron chi connectivity index (χ1n) is 9.87. The van der Waals surface area contributed by atoms with Crippen LogP contribution in [-0.2, 0) is 9.47 Å². The highest BCUT2D eigenvalue weighted by molar-refractivity contribution is 6.05. The van der Waals surface area contributed by atoms with Crippen LogP contribution in [-0.4, -0.2) is 90.1 Å². The summed E-state index contributed by atoms with van der Waals surface area (Å²) in [6.45, 7) is -0.724. The summed E-state index contributed by atoms with van der Waals surface area (Å²) >= 11 is 0. The van der Waals surface area contributed by atoms with E-state index in [0.717, 1.165) is 24.3 Å². The average Bonchev–Trinajstić information content (AvgIpc) is 2.76. The molecule has 2 aliphatic rings. The standard InChI is InChI=1S/C21H22O12/c22-6-13-15(27)17(29)18(30)21(32-13)33-20-16(28)14-11(26)4-8(23)5-12(14)31-19(20)7-1-2-9(24)10(25)3-7/h1-5,13,15,17-27,29-30H,6H2/t13-,15-,17+,18-,19+,20?,21+/m1/s1. The molecule has 0 aromatic heterocycles. The van der Waals surface area contributed by atoms with Crippen molar-refractivity contribution in [2.45, 2.75) is 42.9 Å². The van der Waals surface area contributed by atoms with Crippen molar-refractivity contribution in [3.05, 3.63) is 41.5 Å². The van der Waals surface area contributed by atoms with Crippen LogP contribution in [0.1, 0.15) is 22.0 Å². The number of phenols is 4. The van der Waals surface area contributed by atoms with Crippen LogP contribution in [0.2, 0.25) is 0 Å². The molecule has 7 atom stereocenters. The number of aromatic hydroxyl groups is 4. The largest absolute Gasteiger partial charge is 0.508 e. The number of aliphatic hydroxyl groups is 4. The SMILES string of the molecule is O=C1c2c(O)cc(O)cc2O[C@@H](c2ccc(O)c(O)c2)C1O[C@@H]1O[C@H](CO)[C@@H](O)[C@H](O)[C@H]1O. The summed E-state index contributed by atoms with van der Waals surface area (Å²) in [6, 6.07) is 5.57. The van der Waals surface area contributed by atoms with Crippen LogP contribution in [0.25, 0.3) is 0 Å². The number of carbonyl (C=O) groups is 1. The lowest BCUT2D eigenvalue weighted by Crippen LogP contribution is -2.60. The third-order valence-corrected chi connectivity index (χ3v) is 5.56. The Morgan fingerprint density at radius 1 is 0.879 bits per heavy atom. The van der Waals surface area contributed by atoms with Gasteiger partial charge >= 0.3 is 0 Å². The first-order valence-corrected chi connectivity index (χ1v) is 9.87. The van der Waals surface area contributed by atoms with Crippen molar-refractivity contribution in [1.82, 2.24) is 0 Å². The van der Waals surface area contributed by atoms with Crippen molar-refractivity contribution in [1.29, 1.82) is 0 Å². The summed E-state index contributed by atoms with van der Waals surface area (Å²) < 4.78 is 16.7.